The predicted molar refractivity (Wildman–Crippen MR) is 115 cm³/mol. The van der Waals surface area contributed by atoms with Gasteiger partial charge in [0.1, 0.15) is 23.6 Å². The van der Waals surface area contributed by atoms with Gasteiger partial charge in [0.05, 0.1) is 23.5 Å². The molecule has 0 saturated carbocycles. The van der Waals surface area contributed by atoms with Gasteiger partial charge in [0, 0.05) is 17.3 Å². The topological polar surface area (TPSA) is 81.7 Å². The molecule has 7 nitrogen and oxygen atoms in total. The average molecular weight is 504 g/mol. The van der Waals surface area contributed by atoms with E-state index in [1.54, 1.807) is 6.20 Å². The van der Waals surface area contributed by atoms with Crippen molar-refractivity contribution in [2.24, 2.45) is 0 Å². The average Bonchev–Trinajstić information content (AvgIpc) is 3.44. The molecule has 0 saturated heterocycles. The molecule has 0 fully saturated rings. The van der Waals surface area contributed by atoms with Crippen LogP contribution in [0.1, 0.15) is 16.9 Å². The van der Waals surface area contributed by atoms with E-state index in [1.807, 2.05) is 30.3 Å². The van der Waals surface area contributed by atoms with Crippen molar-refractivity contribution in [3.63, 3.8) is 0 Å². The third-order valence-electron chi connectivity index (χ3n) is 5.15. The van der Waals surface area contributed by atoms with Gasteiger partial charge in [0.2, 0.25) is 5.95 Å². The molecule has 0 aliphatic carbocycles. The van der Waals surface area contributed by atoms with Gasteiger partial charge in [0.25, 0.3) is 0 Å². The summed E-state index contributed by atoms with van der Waals surface area (Å²) in [7, 11) is 0. The number of aromatic nitrogens is 5. The van der Waals surface area contributed by atoms with E-state index in [4.69, 9.17) is 4.52 Å². The molecule has 5 rings (SSSR count). The van der Waals surface area contributed by atoms with Gasteiger partial charge in [-0.1, -0.05) is 29.4 Å². The first-order valence-corrected chi connectivity index (χ1v) is 10.3. The Labute approximate surface area is 198 Å². The minimum atomic E-state index is -5.03. The van der Waals surface area contributed by atoms with Crippen molar-refractivity contribution in [1.29, 1.82) is 0 Å². The van der Waals surface area contributed by atoms with E-state index in [9.17, 15) is 26.3 Å². The number of fused-ring (bicyclic) bond motifs is 1. The number of anilines is 2. The van der Waals surface area contributed by atoms with E-state index in [0.717, 1.165) is 11.8 Å². The molecule has 184 valence electrons. The fourth-order valence-electron chi connectivity index (χ4n) is 3.51. The molecular weight excluding hydrogens is 490 g/mol. The molecule has 0 atom stereocenters. The van der Waals surface area contributed by atoms with Crippen molar-refractivity contribution >= 4 is 11.6 Å². The Balaban J connectivity index is 1.39. The smallest absolute Gasteiger partial charge is 0.359 e. The number of hydrogen-bond donors (Lipinski definition) is 1. The zero-order valence-electron chi connectivity index (χ0n) is 18.0. The molecule has 36 heavy (non-hydrogen) atoms. The number of hydrogen-bond acceptors (Lipinski definition) is 6. The van der Waals surface area contributed by atoms with E-state index in [-0.39, 0.29) is 24.1 Å². The van der Waals surface area contributed by atoms with Gasteiger partial charge in [-0.25, -0.2) is 9.97 Å². The first-order chi connectivity index (χ1) is 17.1. The van der Waals surface area contributed by atoms with Crippen LogP contribution in [0.2, 0.25) is 0 Å². The lowest BCUT2D eigenvalue weighted by molar-refractivity contribution is -0.142. The van der Waals surface area contributed by atoms with E-state index in [2.05, 4.69) is 25.5 Å². The highest BCUT2D eigenvalue weighted by Gasteiger charge is 2.39. The van der Waals surface area contributed by atoms with Crippen LogP contribution in [0.5, 0.6) is 0 Å². The fourth-order valence-corrected chi connectivity index (χ4v) is 3.51. The first-order valence-electron chi connectivity index (χ1n) is 10.3. The van der Waals surface area contributed by atoms with Gasteiger partial charge < -0.3 is 9.84 Å². The molecule has 3 aromatic rings. The molecule has 3 heterocycles. The summed E-state index contributed by atoms with van der Waals surface area (Å²) < 4.78 is 85.8. The van der Waals surface area contributed by atoms with Crippen molar-refractivity contribution in [3.8, 4) is 22.6 Å². The van der Waals surface area contributed by atoms with Gasteiger partial charge in [-0.05, 0) is 24.3 Å². The SMILES string of the molecule is FC(F)(F)c1ccc(-c2cc(Cn3cc4nc(Nc5ccccc5)nc-4cn3)on2)c(C(F)(F)F)c1. The molecule has 0 unspecified atom stereocenters. The lowest BCUT2D eigenvalue weighted by atomic mass is 10.0. The van der Waals surface area contributed by atoms with Crippen molar-refractivity contribution in [3.05, 3.63) is 83.9 Å². The van der Waals surface area contributed by atoms with Gasteiger partial charge in [-0.15, -0.1) is 0 Å². The summed E-state index contributed by atoms with van der Waals surface area (Å²) in [5, 5.41) is 10.9. The Morgan fingerprint density at radius 2 is 1.58 bits per heavy atom. The van der Waals surface area contributed by atoms with Gasteiger partial charge in [0.15, 0.2) is 5.76 Å². The van der Waals surface area contributed by atoms with E-state index < -0.39 is 29.0 Å². The molecule has 0 spiro atoms. The number of imidazole rings is 1. The number of nitrogens with one attached hydrogen (secondary N) is 1. The monoisotopic (exact) mass is 504 g/mol. The summed E-state index contributed by atoms with van der Waals surface area (Å²) in [6.07, 6.45) is -6.92. The number of rotatable bonds is 5. The Kier molecular flexibility index (Phi) is 5.61. The standard InChI is InChI=1S/C23H14F6N6O/c24-22(25,26)13-6-7-16(17(8-13)23(27,28)29)18-9-15(36-34-18)11-35-12-20-19(10-30-35)32-21(33-20)31-14-4-2-1-3-5-14/h1-10,12H,11H2,(H,31,33). The fraction of sp³-hybridized carbons (Fsp3) is 0.130. The van der Waals surface area contributed by atoms with E-state index >= 15 is 0 Å². The van der Waals surface area contributed by atoms with Crippen LogP contribution in [0.15, 0.2) is 71.5 Å². The predicted octanol–water partition coefficient (Wildman–Crippen LogP) is 6.26. The number of halogens is 6. The Hall–Kier alpha value is -4.42. The number of nitrogens with zero attached hydrogens (tertiary/aromatic N) is 5. The van der Waals surface area contributed by atoms with Crippen LogP contribution in [0.4, 0.5) is 38.0 Å². The second-order valence-electron chi connectivity index (χ2n) is 7.71. The van der Waals surface area contributed by atoms with Crippen molar-refractivity contribution in [2.45, 2.75) is 18.9 Å². The van der Waals surface area contributed by atoms with Crippen molar-refractivity contribution < 1.29 is 30.9 Å². The quantitative estimate of drug-likeness (QED) is 0.285. The Morgan fingerprint density at radius 1 is 0.833 bits per heavy atom. The van der Waals surface area contributed by atoms with Gasteiger partial charge in [-0.3, -0.25) is 4.68 Å². The molecule has 1 aromatic heterocycles. The van der Waals surface area contributed by atoms with Crippen LogP contribution in [0, 0.1) is 0 Å². The molecular formula is C23H14F6N6O. The normalized spacial score (nSPS) is 12.3. The molecule has 0 amide bonds. The highest BCUT2D eigenvalue weighted by atomic mass is 19.4. The molecule has 0 bridgehead atoms. The van der Waals surface area contributed by atoms with Crippen LogP contribution < -0.4 is 5.32 Å². The Morgan fingerprint density at radius 3 is 2.31 bits per heavy atom. The second kappa shape index (κ2) is 8.66. The summed E-state index contributed by atoms with van der Waals surface area (Å²) in [5.74, 6) is 0.497. The number of alkyl halides is 6. The minimum absolute atomic E-state index is 0.0146. The van der Waals surface area contributed by atoms with Crippen LogP contribution >= 0.6 is 0 Å². The van der Waals surface area contributed by atoms with Crippen LogP contribution in [0.3, 0.4) is 0 Å². The first kappa shape index (κ1) is 23.3. The second-order valence-corrected chi connectivity index (χ2v) is 7.71. The van der Waals surface area contributed by atoms with Crippen LogP contribution in [0.25, 0.3) is 22.6 Å². The lowest BCUT2D eigenvalue weighted by Crippen LogP contribution is -2.12. The molecule has 1 N–H and O–H groups in total. The minimum Gasteiger partial charge on any atom is -0.359 e. The zero-order chi connectivity index (χ0) is 25.5. The molecule has 2 aromatic carbocycles. The van der Waals surface area contributed by atoms with Gasteiger partial charge >= 0.3 is 12.4 Å². The number of para-hydroxylation sites is 1. The van der Waals surface area contributed by atoms with Crippen LogP contribution in [-0.4, -0.2) is 24.9 Å². The maximum atomic E-state index is 13.5. The highest BCUT2D eigenvalue weighted by Crippen LogP contribution is 2.40. The van der Waals surface area contributed by atoms with Crippen LogP contribution in [-0.2, 0) is 18.9 Å². The third-order valence-corrected chi connectivity index (χ3v) is 5.15. The summed E-state index contributed by atoms with van der Waals surface area (Å²) in [4.78, 5) is 8.72. The van der Waals surface area contributed by atoms with E-state index in [0.29, 0.717) is 23.4 Å². The van der Waals surface area contributed by atoms with Crippen molar-refractivity contribution in [2.75, 3.05) is 5.32 Å². The molecule has 0 radical (unpaired) electrons. The molecule has 2 aliphatic rings. The molecule has 2 aliphatic heterocycles. The summed E-state index contributed by atoms with van der Waals surface area (Å²) in [5.41, 5.74) is -1.84. The third kappa shape index (κ3) is 4.85. The highest BCUT2D eigenvalue weighted by molar-refractivity contribution is 5.65. The summed E-state index contributed by atoms with van der Waals surface area (Å²) in [6.45, 7) is -0.0146. The van der Waals surface area contributed by atoms with Gasteiger partial charge in [-0.2, -0.15) is 31.4 Å². The largest absolute Gasteiger partial charge is 0.417 e. The summed E-state index contributed by atoms with van der Waals surface area (Å²) in [6, 6.07) is 11.9. The van der Waals surface area contributed by atoms with Crippen molar-refractivity contribution in [1.82, 2.24) is 24.9 Å². The summed E-state index contributed by atoms with van der Waals surface area (Å²) >= 11 is 0. The van der Waals surface area contributed by atoms with E-state index in [1.165, 1.54) is 16.9 Å². The zero-order valence-corrected chi connectivity index (χ0v) is 18.0. The maximum absolute atomic E-state index is 13.5. The lowest BCUT2D eigenvalue weighted by Gasteiger charge is -2.14. The maximum Gasteiger partial charge on any atom is 0.417 e. The molecule has 13 heteroatoms. The Bertz CT molecular complexity index is 1470. The number of benzene rings is 2.